The van der Waals surface area contributed by atoms with Gasteiger partial charge >= 0.3 is 6.09 Å². The van der Waals surface area contributed by atoms with E-state index in [4.69, 9.17) is 10.5 Å². The molecule has 0 aliphatic heterocycles. The van der Waals surface area contributed by atoms with E-state index in [1.54, 1.807) is 6.07 Å². The molecule has 1 fully saturated rings. The molecule has 2 heterocycles. The molecule has 0 aromatic carbocycles. The molecule has 3 rings (SSSR count). The van der Waals surface area contributed by atoms with Crippen LogP contribution in [-0.4, -0.2) is 44.9 Å². The van der Waals surface area contributed by atoms with Crippen LogP contribution in [0, 0.1) is 0 Å². The van der Waals surface area contributed by atoms with Crippen molar-refractivity contribution in [3.8, 4) is 0 Å². The maximum Gasteiger partial charge on any atom is 0.407 e. The fraction of sp³-hybridized carbons (Fsp3) is 0.542. The smallest absolute Gasteiger partial charge is 0.407 e. The van der Waals surface area contributed by atoms with Crippen molar-refractivity contribution in [1.82, 2.24) is 20.5 Å². The van der Waals surface area contributed by atoms with Crippen LogP contribution in [0.2, 0.25) is 0 Å². The third-order valence-corrected chi connectivity index (χ3v) is 5.40. The second-order valence-electron chi connectivity index (χ2n) is 9.53. The number of primary amides is 1. The number of aryl methyl sites for hydroxylation is 1. The summed E-state index contributed by atoms with van der Waals surface area (Å²) >= 11 is 0. The van der Waals surface area contributed by atoms with Crippen LogP contribution in [0.25, 0.3) is 0 Å². The molecular formula is C24H35N7O3. The van der Waals surface area contributed by atoms with E-state index < -0.39 is 17.6 Å². The lowest BCUT2D eigenvalue weighted by Crippen LogP contribution is -2.49. The number of carbonyl (C=O) groups is 2. The number of alkyl carbamates (subject to hydrolysis) is 1. The number of carbonyl (C=O) groups excluding carboxylic acids is 2. The minimum Gasteiger partial charge on any atom is -0.444 e. The molecule has 2 aromatic heterocycles. The summed E-state index contributed by atoms with van der Waals surface area (Å²) < 4.78 is 5.42. The summed E-state index contributed by atoms with van der Waals surface area (Å²) in [6.07, 6.45) is 5.10. The number of rotatable bonds is 8. The lowest BCUT2D eigenvalue weighted by atomic mass is 9.90. The fourth-order valence-corrected chi connectivity index (χ4v) is 3.95. The molecule has 10 nitrogen and oxygen atoms in total. The van der Waals surface area contributed by atoms with E-state index in [-0.39, 0.29) is 17.8 Å². The highest BCUT2D eigenvalue weighted by molar-refractivity contribution is 5.97. The van der Waals surface area contributed by atoms with Gasteiger partial charge in [0.1, 0.15) is 11.4 Å². The normalized spacial score (nSPS) is 18.1. The van der Waals surface area contributed by atoms with Crippen LogP contribution in [0.1, 0.15) is 76.0 Å². The summed E-state index contributed by atoms with van der Waals surface area (Å²) in [6, 6.07) is 7.20. The van der Waals surface area contributed by atoms with E-state index >= 15 is 0 Å². The first-order valence-electron chi connectivity index (χ1n) is 11.8. The van der Waals surface area contributed by atoms with E-state index in [0.29, 0.717) is 17.3 Å². The number of anilines is 3. The Labute approximate surface area is 200 Å². The van der Waals surface area contributed by atoms with E-state index in [1.165, 1.54) is 0 Å². The molecule has 5 N–H and O–H groups in total. The number of nitrogens with two attached hydrogens (primary N) is 1. The molecule has 2 atom stereocenters. The van der Waals surface area contributed by atoms with Gasteiger partial charge < -0.3 is 26.4 Å². The molecule has 2 amide bonds. The Hall–Kier alpha value is -3.43. The number of hydrogen-bond donors (Lipinski definition) is 4. The van der Waals surface area contributed by atoms with Crippen LogP contribution >= 0.6 is 0 Å². The van der Waals surface area contributed by atoms with E-state index in [0.717, 1.165) is 44.2 Å². The highest BCUT2D eigenvalue weighted by Crippen LogP contribution is 2.25. The number of hydrogen-bond acceptors (Lipinski definition) is 8. The van der Waals surface area contributed by atoms with Crippen LogP contribution in [0.4, 0.5) is 22.1 Å². The maximum absolute atomic E-state index is 12.3. The number of ether oxygens (including phenoxy) is 1. The Balaban J connectivity index is 1.78. The maximum atomic E-state index is 12.3. The molecule has 184 valence electrons. The van der Waals surface area contributed by atoms with Crippen molar-refractivity contribution in [3.63, 3.8) is 0 Å². The predicted molar refractivity (Wildman–Crippen MR) is 131 cm³/mol. The quantitative estimate of drug-likeness (QED) is 0.455. The Morgan fingerprint density at radius 2 is 1.85 bits per heavy atom. The summed E-state index contributed by atoms with van der Waals surface area (Å²) in [6.45, 7) is 7.59. The molecule has 1 aliphatic carbocycles. The first-order chi connectivity index (χ1) is 16.1. The summed E-state index contributed by atoms with van der Waals surface area (Å²) in [5, 5.41) is 17.7. The third kappa shape index (κ3) is 7.29. The molecule has 10 heteroatoms. The van der Waals surface area contributed by atoms with Gasteiger partial charge in [-0.1, -0.05) is 32.3 Å². The highest BCUT2D eigenvalue weighted by atomic mass is 16.6. The summed E-state index contributed by atoms with van der Waals surface area (Å²) in [4.78, 5) is 28.9. The summed E-state index contributed by atoms with van der Waals surface area (Å²) in [7, 11) is 0. The second kappa shape index (κ2) is 11.1. The van der Waals surface area contributed by atoms with Crippen LogP contribution in [0.15, 0.2) is 24.3 Å². The average molecular weight is 470 g/mol. The van der Waals surface area contributed by atoms with E-state index in [9.17, 15) is 9.59 Å². The van der Waals surface area contributed by atoms with Gasteiger partial charge in [-0.25, -0.2) is 9.78 Å². The predicted octanol–water partition coefficient (Wildman–Crippen LogP) is 3.91. The van der Waals surface area contributed by atoms with Crippen molar-refractivity contribution >= 4 is 29.3 Å². The molecular weight excluding hydrogens is 434 g/mol. The largest absolute Gasteiger partial charge is 0.444 e. The van der Waals surface area contributed by atoms with Crippen LogP contribution < -0.4 is 21.7 Å². The molecule has 0 bridgehead atoms. The molecule has 2 unspecified atom stereocenters. The third-order valence-electron chi connectivity index (χ3n) is 5.40. The highest BCUT2D eigenvalue weighted by Gasteiger charge is 2.29. The van der Waals surface area contributed by atoms with Gasteiger partial charge in [-0.05, 0) is 52.2 Å². The van der Waals surface area contributed by atoms with Gasteiger partial charge in [-0.15, -0.1) is 10.2 Å². The standard InChI is InChI=1S/C24H35N7O3/c1-5-9-15-10-8-13-19(26-15)28-18-14-20(30-31-21(18)22(25)32)27-16-11-6-7-12-17(16)29-23(33)34-24(2,3)4/h8,10,13-14,16-17H,5-7,9,11-12H2,1-4H3,(H2,25,32)(H,29,33)(H2,26,27,28,30). The fourth-order valence-electron chi connectivity index (χ4n) is 3.95. The Kier molecular flexibility index (Phi) is 8.25. The minimum absolute atomic E-state index is 0.0281. The van der Waals surface area contributed by atoms with Crippen molar-refractivity contribution in [2.45, 2.75) is 83.9 Å². The monoisotopic (exact) mass is 469 g/mol. The number of nitrogens with one attached hydrogen (secondary N) is 3. The number of nitrogens with zero attached hydrogens (tertiary/aromatic N) is 3. The number of pyridine rings is 1. The Morgan fingerprint density at radius 1 is 1.12 bits per heavy atom. The van der Waals surface area contributed by atoms with Crippen molar-refractivity contribution in [1.29, 1.82) is 0 Å². The van der Waals surface area contributed by atoms with Gasteiger partial charge in [0.25, 0.3) is 5.91 Å². The molecule has 2 aromatic rings. The van der Waals surface area contributed by atoms with Crippen LogP contribution in [0.5, 0.6) is 0 Å². The number of amides is 2. The molecule has 1 saturated carbocycles. The average Bonchev–Trinajstić information content (AvgIpc) is 2.74. The first kappa shape index (κ1) is 25.2. The summed E-state index contributed by atoms with van der Waals surface area (Å²) in [5.41, 5.74) is 6.35. The van der Waals surface area contributed by atoms with E-state index in [2.05, 4.69) is 38.1 Å². The van der Waals surface area contributed by atoms with Gasteiger partial charge in [0, 0.05) is 17.8 Å². The van der Waals surface area contributed by atoms with Gasteiger partial charge in [-0.2, -0.15) is 0 Å². The van der Waals surface area contributed by atoms with Gasteiger partial charge in [0.15, 0.2) is 11.5 Å². The number of aromatic nitrogens is 3. The topological polar surface area (TPSA) is 144 Å². The minimum atomic E-state index is -0.687. The van der Waals surface area contributed by atoms with Crippen LogP contribution in [0.3, 0.4) is 0 Å². The first-order valence-corrected chi connectivity index (χ1v) is 11.8. The zero-order chi connectivity index (χ0) is 24.7. The van der Waals surface area contributed by atoms with Crippen molar-refractivity contribution in [2.24, 2.45) is 5.73 Å². The molecule has 0 saturated heterocycles. The molecule has 34 heavy (non-hydrogen) atoms. The second-order valence-corrected chi connectivity index (χ2v) is 9.53. The molecule has 0 radical (unpaired) electrons. The van der Waals surface area contributed by atoms with Gasteiger partial charge in [-0.3, -0.25) is 4.79 Å². The zero-order valence-corrected chi connectivity index (χ0v) is 20.4. The SMILES string of the molecule is CCCc1cccc(Nc2cc(NC3CCCCC3NC(=O)OC(C)(C)C)nnc2C(N)=O)n1. The Morgan fingerprint density at radius 3 is 2.53 bits per heavy atom. The van der Waals surface area contributed by atoms with Gasteiger partial charge in [0.2, 0.25) is 0 Å². The van der Waals surface area contributed by atoms with Crippen LogP contribution in [-0.2, 0) is 11.2 Å². The zero-order valence-electron chi connectivity index (χ0n) is 20.4. The molecule has 0 spiro atoms. The van der Waals surface area contributed by atoms with Crippen molar-refractivity contribution in [2.75, 3.05) is 10.6 Å². The van der Waals surface area contributed by atoms with Crippen molar-refractivity contribution in [3.05, 3.63) is 35.7 Å². The lowest BCUT2D eigenvalue weighted by Gasteiger charge is -2.33. The van der Waals surface area contributed by atoms with Crippen molar-refractivity contribution < 1.29 is 14.3 Å². The Bertz CT molecular complexity index is 1010. The van der Waals surface area contributed by atoms with E-state index in [1.807, 2.05) is 39.0 Å². The summed E-state index contributed by atoms with van der Waals surface area (Å²) in [5.74, 6) is 0.378. The van der Waals surface area contributed by atoms with Gasteiger partial charge in [0.05, 0.1) is 11.7 Å². The lowest BCUT2D eigenvalue weighted by molar-refractivity contribution is 0.0488. The molecule has 1 aliphatic rings.